The molecule has 1 unspecified atom stereocenters. The van der Waals surface area contributed by atoms with Gasteiger partial charge in [-0.25, -0.2) is 4.98 Å². The van der Waals surface area contributed by atoms with Crippen molar-refractivity contribution in [1.82, 2.24) is 9.88 Å². The molecule has 18 heavy (non-hydrogen) atoms. The molecule has 0 aliphatic rings. The van der Waals surface area contributed by atoms with Gasteiger partial charge in [-0.2, -0.15) is 0 Å². The van der Waals surface area contributed by atoms with E-state index in [1.165, 1.54) is 0 Å². The molecule has 5 nitrogen and oxygen atoms in total. The van der Waals surface area contributed by atoms with Crippen molar-refractivity contribution in [3.63, 3.8) is 0 Å². The molecular weight excluding hydrogens is 248 g/mol. The molecule has 98 valence electrons. The highest BCUT2D eigenvalue weighted by atomic mass is 32.1. The molecule has 3 N–H and O–H groups in total. The number of likely N-dealkylation sites (N-methyl/N-ethyl adjacent to an activating group) is 1. The predicted octanol–water partition coefficient (Wildman–Crippen LogP) is 0.994. The summed E-state index contributed by atoms with van der Waals surface area (Å²) in [7, 11) is 1.76. The van der Waals surface area contributed by atoms with Crippen molar-refractivity contribution in [2.24, 2.45) is 5.73 Å². The van der Waals surface area contributed by atoms with Crippen LogP contribution in [0.2, 0.25) is 0 Å². The number of aromatic nitrogens is 1. The SMILES string of the molecule is CCN(C)C(=O)C(C)Nc1ncccc1C(N)=S. The minimum atomic E-state index is -0.377. The van der Waals surface area contributed by atoms with Crippen LogP contribution < -0.4 is 11.1 Å². The Morgan fingerprint density at radius 2 is 2.33 bits per heavy atom. The van der Waals surface area contributed by atoms with Gasteiger partial charge in [0.1, 0.15) is 16.8 Å². The van der Waals surface area contributed by atoms with Gasteiger partial charge in [0, 0.05) is 19.8 Å². The van der Waals surface area contributed by atoms with Gasteiger partial charge >= 0.3 is 0 Å². The van der Waals surface area contributed by atoms with Gasteiger partial charge < -0.3 is 16.0 Å². The molecular formula is C12H18N4OS. The van der Waals surface area contributed by atoms with E-state index in [0.29, 0.717) is 17.9 Å². The summed E-state index contributed by atoms with van der Waals surface area (Å²) in [5, 5.41) is 3.04. The van der Waals surface area contributed by atoms with Crippen LogP contribution in [0.4, 0.5) is 5.82 Å². The lowest BCUT2D eigenvalue weighted by Crippen LogP contribution is -2.39. The van der Waals surface area contributed by atoms with E-state index in [1.807, 2.05) is 6.92 Å². The Kier molecular flexibility index (Phi) is 5.03. The van der Waals surface area contributed by atoms with E-state index in [1.54, 1.807) is 37.2 Å². The first kappa shape index (κ1) is 14.4. The van der Waals surface area contributed by atoms with Gasteiger partial charge in [0.15, 0.2) is 0 Å². The highest BCUT2D eigenvalue weighted by molar-refractivity contribution is 7.80. The van der Waals surface area contributed by atoms with Crippen LogP contribution in [0.1, 0.15) is 19.4 Å². The van der Waals surface area contributed by atoms with Crippen LogP contribution in [0.3, 0.4) is 0 Å². The molecule has 0 aliphatic heterocycles. The van der Waals surface area contributed by atoms with Gasteiger partial charge in [-0.05, 0) is 26.0 Å². The van der Waals surface area contributed by atoms with E-state index >= 15 is 0 Å². The molecule has 1 aromatic heterocycles. The van der Waals surface area contributed by atoms with Crippen LogP contribution in [0.25, 0.3) is 0 Å². The first-order chi connectivity index (χ1) is 8.47. The maximum atomic E-state index is 11.9. The van der Waals surface area contributed by atoms with Gasteiger partial charge in [0.2, 0.25) is 5.91 Å². The molecule has 0 aliphatic carbocycles. The van der Waals surface area contributed by atoms with Crippen LogP contribution in [-0.2, 0) is 4.79 Å². The molecule has 1 heterocycles. The monoisotopic (exact) mass is 266 g/mol. The van der Waals surface area contributed by atoms with E-state index in [-0.39, 0.29) is 16.9 Å². The maximum absolute atomic E-state index is 11.9. The first-order valence-corrected chi connectivity index (χ1v) is 6.14. The minimum absolute atomic E-state index is 0.00274. The second-order valence-corrected chi connectivity index (χ2v) is 4.42. The number of anilines is 1. The molecule has 0 saturated heterocycles. The number of carbonyl (C=O) groups is 1. The zero-order valence-electron chi connectivity index (χ0n) is 10.8. The van der Waals surface area contributed by atoms with Crippen molar-refractivity contribution < 1.29 is 4.79 Å². The second kappa shape index (κ2) is 6.30. The fraction of sp³-hybridized carbons (Fsp3) is 0.417. The number of nitrogens with two attached hydrogens (primary N) is 1. The summed E-state index contributed by atoms with van der Waals surface area (Å²) in [5.41, 5.74) is 6.25. The Labute approximate surface area is 112 Å². The fourth-order valence-corrected chi connectivity index (χ4v) is 1.64. The van der Waals surface area contributed by atoms with Crippen LogP contribution in [-0.4, -0.2) is 40.4 Å². The number of amides is 1. The molecule has 1 rings (SSSR count). The summed E-state index contributed by atoms with van der Waals surface area (Å²) >= 11 is 4.94. The standard InChI is InChI=1S/C12H18N4OS/c1-4-16(3)12(17)8(2)15-11-9(10(13)18)6-5-7-14-11/h5-8H,4H2,1-3H3,(H2,13,18)(H,14,15). The molecule has 1 amide bonds. The smallest absolute Gasteiger partial charge is 0.244 e. The Morgan fingerprint density at radius 3 is 2.89 bits per heavy atom. The Morgan fingerprint density at radius 1 is 1.67 bits per heavy atom. The van der Waals surface area contributed by atoms with Gasteiger partial charge in [0.25, 0.3) is 0 Å². The quantitative estimate of drug-likeness (QED) is 0.778. The molecule has 0 fully saturated rings. The summed E-state index contributed by atoms with van der Waals surface area (Å²) in [4.78, 5) is 18.0. The van der Waals surface area contributed by atoms with E-state index in [4.69, 9.17) is 18.0 Å². The van der Waals surface area contributed by atoms with Crippen molar-refractivity contribution in [3.05, 3.63) is 23.9 Å². The zero-order chi connectivity index (χ0) is 13.7. The maximum Gasteiger partial charge on any atom is 0.244 e. The Balaban J connectivity index is 2.85. The van der Waals surface area contributed by atoms with E-state index in [2.05, 4.69) is 10.3 Å². The van der Waals surface area contributed by atoms with Gasteiger partial charge in [-0.3, -0.25) is 4.79 Å². The van der Waals surface area contributed by atoms with Crippen molar-refractivity contribution in [3.8, 4) is 0 Å². The average Bonchev–Trinajstić information content (AvgIpc) is 2.37. The third-order valence-electron chi connectivity index (χ3n) is 2.65. The van der Waals surface area contributed by atoms with E-state index in [9.17, 15) is 4.79 Å². The molecule has 6 heteroatoms. The van der Waals surface area contributed by atoms with E-state index < -0.39 is 0 Å². The first-order valence-electron chi connectivity index (χ1n) is 5.73. The third kappa shape index (κ3) is 3.40. The molecule has 0 saturated carbocycles. The summed E-state index contributed by atoms with van der Waals surface area (Å²) in [5.74, 6) is 0.535. The second-order valence-electron chi connectivity index (χ2n) is 3.98. The summed E-state index contributed by atoms with van der Waals surface area (Å²) in [6.45, 7) is 4.37. The normalized spacial score (nSPS) is 11.7. The molecule has 0 radical (unpaired) electrons. The van der Waals surface area contributed by atoms with Crippen molar-refractivity contribution in [2.45, 2.75) is 19.9 Å². The van der Waals surface area contributed by atoms with Gasteiger partial charge in [0.05, 0.1) is 5.56 Å². The lowest BCUT2D eigenvalue weighted by molar-refractivity contribution is -0.130. The number of nitrogens with one attached hydrogen (secondary N) is 1. The molecule has 0 aromatic carbocycles. The number of thiocarbonyl (C=S) groups is 1. The largest absolute Gasteiger partial charge is 0.389 e. The minimum Gasteiger partial charge on any atom is -0.389 e. The van der Waals surface area contributed by atoms with Crippen LogP contribution in [0, 0.1) is 0 Å². The molecule has 1 aromatic rings. The molecule has 1 atom stereocenters. The van der Waals surface area contributed by atoms with Crippen LogP contribution >= 0.6 is 12.2 Å². The highest BCUT2D eigenvalue weighted by Crippen LogP contribution is 2.12. The number of nitrogens with zero attached hydrogens (tertiary/aromatic N) is 2. The average molecular weight is 266 g/mol. The molecule has 0 bridgehead atoms. The van der Waals surface area contributed by atoms with E-state index in [0.717, 1.165) is 0 Å². The zero-order valence-corrected chi connectivity index (χ0v) is 11.6. The summed E-state index contributed by atoms with van der Waals surface area (Å²) in [6, 6.07) is 3.15. The number of carbonyl (C=O) groups excluding carboxylic acids is 1. The summed E-state index contributed by atoms with van der Waals surface area (Å²) in [6.07, 6.45) is 1.63. The van der Waals surface area contributed by atoms with Crippen molar-refractivity contribution in [1.29, 1.82) is 0 Å². The van der Waals surface area contributed by atoms with Crippen molar-refractivity contribution in [2.75, 3.05) is 18.9 Å². The lowest BCUT2D eigenvalue weighted by atomic mass is 10.2. The fourth-order valence-electron chi connectivity index (χ4n) is 1.47. The third-order valence-corrected chi connectivity index (χ3v) is 2.87. The summed E-state index contributed by atoms with van der Waals surface area (Å²) < 4.78 is 0. The Bertz CT molecular complexity index is 449. The number of rotatable bonds is 5. The predicted molar refractivity (Wildman–Crippen MR) is 76.5 cm³/mol. The van der Waals surface area contributed by atoms with Gasteiger partial charge in [-0.15, -0.1) is 0 Å². The number of hydrogen-bond donors (Lipinski definition) is 2. The lowest BCUT2D eigenvalue weighted by Gasteiger charge is -2.21. The topological polar surface area (TPSA) is 71.2 Å². The van der Waals surface area contributed by atoms with Gasteiger partial charge in [-0.1, -0.05) is 12.2 Å². The van der Waals surface area contributed by atoms with Crippen molar-refractivity contribution >= 4 is 28.9 Å². The number of pyridine rings is 1. The Hall–Kier alpha value is -1.69. The highest BCUT2D eigenvalue weighted by Gasteiger charge is 2.18. The number of hydrogen-bond acceptors (Lipinski definition) is 4. The van der Waals surface area contributed by atoms with Crippen LogP contribution in [0.5, 0.6) is 0 Å². The van der Waals surface area contributed by atoms with Crippen LogP contribution in [0.15, 0.2) is 18.3 Å². The molecule has 0 spiro atoms.